The number of anilines is 1. The Hall–Kier alpha value is -2.36. The normalized spacial score (nSPS) is 23.6. The second-order valence-corrected chi connectivity index (χ2v) is 9.62. The van der Waals surface area contributed by atoms with Crippen LogP contribution >= 0.6 is 34.4 Å². The van der Waals surface area contributed by atoms with E-state index in [0.717, 1.165) is 21.1 Å². The van der Waals surface area contributed by atoms with Crippen LogP contribution in [-0.2, 0) is 9.59 Å². The number of thiazole rings is 1. The highest BCUT2D eigenvalue weighted by Crippen LogP contribution is 2.53. The molecule has 0 radical (unpaired) electrons. The third-order valence-electron chi connectivity index (χ3n) is 5.00. The molecule has 4 heterocycles. The molecule has 1 N–H and O–H groups in total. The van der Waals surface area contributed by atoms with Gasteiger partial charge in [0, 0.05) is 15.7 Å². The Balaban J connectivity index is 1.61. The van der Waals surface area contributed by atoms with Crippen molar-refractivity contribution >= 4 is 51.9 Å². The number of thiophene rings is 1. The maximum atomic E-state index is 13.4. The summed E-state index contributed by atoms with van der Waals surface area (Å²) in [6.45, 7) is 0. The minimum Gasteiger partial charge on any atom is -0.497 e. The van der Waals surface area contributed by atoms with Crippen molar-refractivity contribution in [2.75, 3.05) is 12.0 Å². The van der Waals surface area contributed by atoms with Gasteiger partial charge in [0.15, 0.2) is 0 Å². The van der Waals surface area contributed by atoms with Crippen molar-refractivity contribution in [2.24, 2.45) is 5.92 Å². The smallest absolute Gasteiger partial charge is 0.305 e. The van der Waals surface area contributed by atoms with Crippen LogP contribution in [0.5, 0.6) is 5.75 Å². The topological polar surface area (TPSA) is 79.5 Å². The van der Waals surface area contributed by atoms with E-state index in [0.29, 0.717) is 16.5 Å². The van der Waals surface area contributed by atoms with Gasteiger partial charge < -0.3 is 9.72 Å². The molecule has 28 heavy (non-hydrogen) atoms. The van der Waals surface area contributed by atoms with E-state index in [1.165, 1.54) is 28.0 Å². The number of amides is 2. The zero-order valence-corrected chi connectivity index (χ0v) is 17.0. The van der Waals surface area contributed by atoms with Crippen molar-refractivity contribution < 1.29 is 14.3 Å². The Kier molecular flexibility index (Phi) is 4.18. The van der Waals surface area contributed by atoms with Crippen LogP contribution in [0.3, 0.4) is 0 Å². The molecule has 1 fully saturated rings. The molecule has 6 nitrogen and oxygen atoms in total. The summed E-state index contributed by atoms with van der Waals surface area (Å²) in [4.78, 5) is 44.4. The summed E-state index contributed by atoms with van der Waals surface area (Å²) >= 11 is 3.96. The van der Waals surface area contributed by atoms with E-state index in [2.05, 4.69) is 4.98 Å². The minimum absolute atomic E-state index is 0.161. The lowest BCUT2D eigenvalue weighted by molar-refractivity contribution is -0.122. The summed E-state index contributed by atoms with van der Waals surface area (Å²) in [5.74, 6) is -0.630. The first-order valence-electron chi connectivity index (χ1n) is 8.53. The zero-order valence-electron chi connectivity index (χ0n) is 14.6. The molecule has 3 aromatic rings. The highest BCUT2D eigenvalue weighted by molar-refractivity contribution is 8.00. The number of thioether (sulfide) groups is 1. The van der Waals surface area contributed by atoms with E-state index in [-0.39, 0.29) is 22.6 Å². The van der Waals surface area contributed by atoms with Crippen molar-refractivity contribution in [2.45, 2.75) is 16.2 Å². The number of aromatic amines is 1. The molecule has 142 valence electrons. The van der Waals surface area contributed by atoms with Crippen LogP contribution in [0.25, 0.3) is 0 Å². The number of hydrogen-bond acceptors (Lipinski definition) is 7. The quantitative estimate of drug-likeness (QED) is 0.645. The van der Waals surface area contributed by atoms with Crippen LogP contribution < -0.4 is 14.5 Å². The Bertz CT molecular complexity index is 1120. The van der Waals surface area contributed by atoms with Gasteiger partial charge in [-0.25, -0.2) is 4.90 Å². The van der Waals surface area contributed by atoms with Gasteiger partial charge in [-0.15, -0.1) is 11.3 Å². The number of imide groups is 1. The number of methoxy groups -OCH3 is 1. The molecule has 0 spiro atoms. The Morgan fingerprint density at radius 2 is 1.86 bits per heavy atom. The highest BCUT2D eigenvalue weighted by atomic mass is 32.2. The molecule has 3 atom stereocenters. The molecule has 2 aromatic heterocycles. The molecule has 2 aliphatic heterocycles. The van der Waals surface area contributed by atoms with Crippen LogP contribution in [-0.4, -0.2) is 29.2 Å². The predicted molar refractivity (Wildman–Crippen MR) is 110 cm³/mol. The van der Waals surface area contributed by atoms with Crippen LogP contribution in [0.4, 0.5) is 5.69 Å². The molecule has 2 aliphatic rings. The molecule has 2 amide bonds. The number of hydrogen-bond donors (Lipinski definition) is 1. The van der Waals surface area contributed by atoms with Gasteiger partial charge in [-0.1, -0.05) is 29.2 Å². The summed E-state index contributed by atoms with van der Waals surface area (Å²) in [5.41, 5.74) is 0.535. The second kappa shape index (κ2) is 6.61. The summed E-state index contributed by atoms with van der Waals surface area (Å²) in [6.07, 6.45) is 0. The third-order valence-corrected chi connectivity index (χ3v) is 8.36. The van der Waals surface area contributed by atoms with Gasteiger partial charge in [-0.3, -0.25) is 14.4 Å². The standard InChI is InChI=1S/C19H14N2O4S3/c1-25-10-6-4-9(5-7-10)21-17(22)13-12(11-3-2-8-26-11)14-16(20-19(24)28-14)27-15(13)18(21)23/h2-8,12-13,15H,1H3,(H,20,24). The van der Waals surface area contributed by atoms with Gasteiger partial charge in [0.1, 0.15) is 11.0 Å². The van der Waals surface area contributed by atoms with Crippen molar-refractivity contribution in [3.8, 4) is 5.75 Å². The summed E-state index contributed by atoms with van der Waals surface area (Å²) < 4.78 is 5.17. The fraction of sp³-hybridized carbons (Fsp3) is 0.211. The zero-order chi connectivity index (χ0) is 19.4. The molecule has 3 unspecified atom stereocenters. The third kappa shape index (κ3) is 2.57. The number of carbonyl (C=O) groups is 2. The average molecular weight is 431 g/mol. The molecule has 0 aliphatic carbocycles. The maximum Gasteiger partial charge on any atom is 0.305 e. The maximum absolute atomic E-state index is 13.4. The van der Waals surface area contributed by atoms with Crippen LogP contribution in [0, 0.1) is 5.92 Å². The van der Waals surface area contributed by atoms with Crippen molar-refractivity contribution in [1.29, 1.82) is 0 Å². The second-order valence-electron chi connectivity index (χ2n) is 6.48. The summed E-state index contributed by atoms with van der Waals surface area (Å²) in [5, 5.41) is 2.09. The number of aromatic nitrogens is 1. The average Bonchev–Trinajstić information content (AvgIpc) is 3.40. The molecular weight excluding hydrogens is 416 g/mol. The van der Waals surface area contributed by atoms with E-state index >= 15 is 0 Å². The number of ether oxygens (including phenoxy) is 1. The Labute approximate surface area is 172 Å². The lowest BCUT2D eigenvalue weighted by atomic mass is 9.87. The fourth-order valence-corrected chi connectivity index (χ4v) is 7.24. The van der Waals surface area contributed by atoms with E-state index in [4.69, 9.17) is 4.74 Å². The number of nitrogens with zero attached hydrogens (tertiary/aromatic N) is 1. The number of fused-ring (bicyclic) bond motifs is 2. The fourth-order valence-electron chi connectivity index (χ4n) is 3.78. The van der Waals surface area contributed by atoms with E-state index < -0.39 is 11.2 Å². The number of H-pyrrole nitrogens is 1. The number of rotatable bonds is 3. The van der Waals surface area contributed by atoms with Crippen molar-refractivity contribution in [3.63, 3.8) is 0 Å². The van der Waals surface area contributed by atoms with Crippen LogP contribution in [0.2, 0.25) is 0 Å². The molecule has 5 rings (SSSR count). The Morgan fingerprint density at radius 3 is 2.54 bits per heavy atom. The number of carbonyl (C=O) groups excluding carboxylic acids is 2. The van der Waals surface area contributed by atoms with E-state index in [1.54, 1.807) is 31.4 Å². The molecule has 0 saturated carbocycles. The lowest BCUT2D eigenvalue weighted by Crippen LogP contribution is -2.32. The van der Waals surface area contributed by atoms with Gasteiger partial charge in [-0.2, -0.15) is 0 Å². The van der Waals surface area contributed by atoms with Gasteiger partial charge in [-0.05, 0) is 35.7 Å². The van der Waals surface area contributed by atoms with Gasteiger partial charge in [0.05, 0.1) is 23.7 Å². The van der Waals surface area contributed by atoms with Gasteiger partial charge in [0.25, 0.3) is 0 Å². The van der Waals surface area contributed by atoms with Crippen molar-refractivity contribution in [3.05, 3.63) is 61.2 Å². The molecule has 1 aromatic carbocycles. The first kappa shape index (κ1) is 17.7. The molecular formula is C19H14N2O4S3. The SMILES string of the molecule is COc1ccc(N2C(=O)C3Sc4[nH]c(=O)sc4C(c4cccs4)C3C2=O)cc1. The minimum atomic E-state index is -0.556. The predicted octanol–water partition coefficient (Wildman–Crippen LogP) is 3.30. The number of nitrogens with one attached hydrogen (secondary N) is 1. The van der Waals surface area contributed by atoms with Gasteiger partial charge in [0.2, 0.25) is 11.8 Å². The molecule has 9 heteroatoms. The van der Waals surface area contributed by atoms with E-state index in [9.17, 15) is 14.4 Å². The largest absolute Gasteiger partial charge is 0.497 e. The van der Waals surface area contributed by atoms with Crippen LogP contribution in [0.15, 0.2) is 51.6 Å². The summed E-state index contributed by atoms with van der Waals surface area (Å²) in [7, 11) is 1.57. The number of benzene rings is 1. The van der Waals surface area contributed by atoms with Crippen molar-refractivity contribution in [1.82, 2.24) is 4.98 Å². The summed E-state index contributed by atoms with van der Waals surface area (Å²) in [6, 6.07) is 10.8. The van der Waals surface area contributed by atoms with Crippen LogP contribution in [0.1, 0.15) is 15.7 Å². The lowest BCUT2D eigenvalue weighted by Gasteiger charge is -2.28. The monoisotopic (exact) mass is 430 g/mol. The molecule has 0 bridgehead atoms. The highest BCUT2D eigenvalue weighted by Gasteiger charge is 2.56. The first-order chi connectivity index (χ1) is 13.6. The molecule has 1 saturated heterocycles. The van der Waals surface area contributed by atoms with E-state index in [1.807, 2.05) is 17.5 Å². The van der Waals surface area contributed by atoms with Gasteiger partial charge >= 0.3 is 4.87 Å². The first-order valence-corrected chi connectivity index (χ1v) is 11.1. The Morgan fingerprint density at radius 1 is 1.07 bits per heavy atom.